The zero-order chi connectivity index (χ0) is 29.1. The maximum atomic E-state index is 15.4. The first-order chi connectivity index (χ1) is 19.6. The van der Waals surface area contributed by atoms with Crippen LogP contribution in [-0.2, 0) is 4.79 Å². The Morgan fingerprint density at radius 1 is 1.15 bits per heavy atom. The normalized spacial score (nSPS) is 19.8. The number of ether oxygens (including phenoxy) is 1. The molecule has 6 rings (SSSR count). The van der Waals surface area contributed by atoms with E-state index in [0.29, 0.717) is 24.1 Å². The van der Waals surface area contributed by atoms with Gasteiger partial charge >= 0.3 is 0 Å². The van der Waals surface area contributed by atoms with Crippen LogP contribution >= 0.6 is 0 Å². The number of amides is 2. The van der Waals surface area contributed by atoms with Gasteiger partial charge < -0.3 is 19.6 Å². The zero-order valence-electron chi connectivity index (χ0n) is 22.5. The Balaban J connectivity index is 1.66. The predicted octanol–water partition coefficient (Wildman–Crippen LogP) is 3.83. The topological polar surface area (TPSA) is 95.3 Å². The summed E-state index contributed by atoms with van der Waals surface area (Å²) in [6.07, 6.45) is 7.03. The lowest BCUT2D eigenvalue weighted by Crippen LogP contribution is -2.64. The molecule has 2 aromatic carbocycles. The van der Waals surface area contributed by atoms with Crippen LogP contribution in [0.5, 0.6) is 11.5 Å². The second-order valence-corrected chi connectivity index (χ2v) is 10.6. The Bertz CT molecular complexity index is 1660. The second-order valence-electron chi connectivity index (χ2n) is 10.6. The number of halogens is 2. The quantitative estimate of drug-likeness (QED) is 0.478. The minimum atomic E-state index is -1.16. The summed E-state index contributed by atoms with van der Waals surface area (Å²) in [7, 11) is 1.62. The average Bonchev–Trinajstić information content (AvgIpc) is 2.96. The third-order valence-corrected chi connectivity index (χ3v) is 8.29. The van der Waals surface area contributed by atoms with Crippen LogP contribution in [0, 0.1) is 11.6 Å². The van der Waals surface area contributed by atoms with Crippen molar-refractivity contribution in [3.8, 4) is 11.5 Å². The lowest BCUT2D eigenvalue weighted by molar-refractivity contribution is -0.116. The highest BCUT2D eigenvalue weighted by atomic mass is 19.2. The number of nitrogens with zero attached hydrogens (tertiary/aromatic N) is 4. The molecule has 9 nitrogen and oxygen atoms in total. The Morgan fingerprint density at radius 3 is 2.63 bits per heavy atom. The molecule has 0 saturated heterocycles. The molecule has 1 aliphatic carbocycles. The van der Waals surface area contributed by atoms with E-state index in [1.807, 2.05) is 6.08 Å². The van der Waals surface area contributed by atoms with Gasteiger partial charge in [0.15, 0.2) is 23.0 Å². The van der Waals surface area contributed by atoms with Crippen molar-refractivity contribution in [2.24, 2.45) is 0 Å². The first kappa shape index (κ1) is 26.5. The number of rotatable bonds is 2. The molecule has 1 N–H and O–H groups in total. The Kier molecular flexibility index (Phi) is 6.32. The average molecular weight is 563 g/mol. The van der Waals surface area contributed by atoms with Gasteiger partial charge in [0.2, 0.25) is 17.2 Å². The molecule has 3 heterocycles. The van der Waals surface area contributed by atoms with E-state index in [-0.39, 0.29) is 36.2 Å². The molecule has 2 bridgehead atoms. The first-order valence-corrected chi connectivity index (χ1v) is 13.3. The van der Waals surface area contributed by atoms with Gasteiger partial charge in [-0.15, -0.1) is 0 Å². The maximum Gasteiger partial charge on any atom is 0.278 e. The predicted molar refractivity (Wildman–Crippen MR) is 147 cm³/mol. The molecule has 1 spiro atoms. The molecule has 1 atom stereocenters. The number of pyridine rings is 1. The number of carbonyl (C=O) groups excluding carboxylic acids is 2. The lowest BCUT2D eigenvalue weighted by Gasteiger charge is -2.53. The molecule has 212 valence electrons. The van der Waals surface area contributed by atoms with Gasteiger partial charge in [-0.3, -0.25) is 24.1 Å². The van der Waals surface area contributed by atoms with Crippen molar-refractivity contribution in [1.82, 2.24) is 9.58 Å². The fourth-order valence-electron chi connectivity index (χ4n) is 5.86. The number of fused-ring (bicyclic) bond motifs is 6. The summed E-state index contributed by atoms with van der Waals surface area (Å²) in [5.41, 5.74) is -0.284. The number of hydrogen-bond donors (Lipinski definition) is 1. The van der Waals surface area contributed by atoms with Crippen molar-refractivity contribution in [1.29, 1.82) is 0 Å². The minimum absolute atomic E-state index is 0.00559. The number of anilines is 1. The highest BCUT2D eigenvalue weighted by Crippen LogP contribution is 2.45. The van der Waals surface area contributed by atoms with E-state index in [1.165, 1.54) is 28.8 Å². The van der Waals surface area contributed by atoms with E-state index in [0.717, 1.165) is 18.6 Å². The van der Waals surface area contributed by atoms with Gasteiger partial charge in [0.05, 0.1) is 5.54 Å². The fraction of sp³-hybridized carbons (Fsp3) is 0.300. The van der Waals surface area contributed by atoms with Crippen LogP contribution in [0.15, 0.2) is 65.6 Å². The van der Waals surface area contributed by atoms with Crippen molar-refractivity contribution in [2.75, 3.05) is 30.2 Å². The summed E-state index contributed by atoms with van der Waals surface area (Å²) in [6, 6.07) is 9.66. The zero-order valence-corrected chi connectivity index (χ0v) is 22.5. The molecular weight excluding hydrogens is 534 g/mol. The van der Waals surface area contributed by atoms with E-state index >= 15 is 4.39 Å². The summed E-state index contributed by atoms with van der Waals surface area (Å²) in [5.74, 6) is -3.98. The van der Waals surface area contributed by atoms with Crippen LogP contribution in [0.1, 0.15) is 53.8 Å². The molecule has 1 aromatic heterocycles. The van der Waals surface area contributed by atoms with Gasteiger partial charge in [-0.25, -0.2) is 4.39 Å². The smallest absolute Gasteiger partial charge is 0.278 e. The third-order valence-electron chi connectivity index (χ3n) is 8.29. The Labute approximate surface area is 234 Å². The van der Waals surface area contributed by atoms with Gasteiger partial charge in [0, 0.05) is 37.5 Å². The maximum absolute atomic E-state index is 15.4. The minimum Gasteiger partial charge on any atom is -0.502 e. The number of carbonyl (C=O) groups is 2. The molecular formula is C30H28F2N4O5. The summed E-state index contributed by atoms with van der Waals surface area (Å²) < 4.78 is 37.2. The SMILES string of the molecule is CC(=O)N(C)c1cccc(C2c3ccc(F)c(F)c3OC/C=C/C3(CCC3)N3CN2n2ccc(=O)c(O)c2C3=O)c1. The van der Waals surface area contributed by atoms with Crippen molar-refractivity contribution in [2.45, 2.75) is 37.8 Å². The molecule has 1 unspecified atom stereocenters. The van der Waals surface area contributed by atoms with E-state index in [4.69, 9.17) is 4.74 Å². The molecule has 2 aliphatic heterocycles. The Morgan fingerprint density at radius 2 is 1.93 bits per heavy atom. The fourth-order valence-corrected chi connectivity index (χ4v) is 5.86. The van der Waals surface area contributed by atoms with Crippen molar-refractivity contribution >= 4 is 17.5 Å². The largest absolute Gasteiger partial charge is 0.502 e. The van der Waals surface area contributed by atoms with E-state index in [2.05, 4.69) is 0 Å². The van der Waals surface area contributed by atoms with Gasteiger partial charge in [0.1, 0.15) is 19.3 Å². The summed E-state index contributed by atoms with van der Waals surface area (Å²) in [5, 5.41) is 12.6. The van der Waals surface area contributed by atoms with Gasteiger partial charge in [-0.05, 0) is 55.2 Å². The lowest BCUT2D eigenvalue weighted by atomic mass is 9.74. The third kappa shape index (κ3) is 4.14. The number of benzene rings is 2. The van der Waals surface area contributed by atoms with Crippen molar-refractivity contribution < 1.29 is 28.2 Å². The standard InChI is InChI=1S/C30H28F2N4O5/c1-18(37)33(2)20-7-3-6-19(16-20)25-21-8-9-22(31)24(32)28(21)41-15-5-13-30(11-4-12-30)34-17-36(25)35-14-10-23(38)27(39)26(35)29(34)40/h3,5-10,13-14,16,25,39H,4,11-12,15,17H2,1-2H3/b13-5+. The van der Waals surface area contributed by atoms with Crippen LogP contribution in [-0.4, -0.2) is 52.4 Å². The number of aromatic hydroxyl groups is 1. The van der Waals surface area contributed by atoms with Crippen LogP contribution in [0.2, 0.25) is 0 Å². The highest BCUT2D eigenvalue weighted by molar-refractivity contribution is 5.97. The molecule has 3 aliphatic rings. The molecule has 11 heteroatoms. The van der Waals surface area contributed by atoms with Crippen LogP contribution in [0.3, 0.4) is 0 Å². The Hall–Kier alpha value is -4.67. The van der Waals surface area contributed by atoms with Crippen LogP contribution in [0.25, 0.3) is 0 Å². The summed E-state index contributed by atoms with van der Waals surface area (Å²) in [6.45, 7) is 1.34. The number of hydrogen-bond acceptors (Lipinski definition) is 6. The van der Waals surface area contributed by atoms with Gasteiger partial charge in [0.25, 0.3) is 5.91 Å². The van der Waals surface area contributed by atoms with Gasteiger partial charge in [-0.2, -0.15) is 4.39 Å². The molecule has 0 radical (unpaired) electrons. The van der Waals surface area contributed by atoms with E-state index in [9.17, 15) is 23.9 Å². The molecule has 41 heavy (non-hydrogen) atoms. The molecule has 2 amide bonds. The molecule has 3 aromatic rings. The monoisotopic (exact) mass is 562 g/mol. The van der Waals surface area contributed by atoms with Gasteiger partial charge in [-0.1, -0.05) is 18.2 Å². The molecule has 1 saturated carbocycles. The molecule has 1 fully saturated rings. The van der Waals surface area contributed by atoms with Crippen molar-refractivity contribution in [3.63, 3.8) is 0 Å². The van der Waals surface area contributed by atoms with Crippen LogP contribution in [0.4, 0.5) is 14.5 Å². The van der Waals surface area contributed by atoms with Crippen molar-refractivity contribution in [3.05, 3.63) is 99.5 Å². The van der Waals surface area contributed by atoms with Crippen LogP contribution < -0.4 is 20.1 Å². The summed E-state index contributed by atoms with van der Waals surface area (Å²) >= 11 is 0. The highest BCUT2D eigenvalue weighted by Gasteiger charge is 2.49. The van der Waals surface area contributed by atoms with E-state index < -0.39 is 40.3 Å². The van der Waals surface area contributed by atoms with E-state index in [1.54, 1.807) is 47.3 Å². The first-order valence-electron chi connectivity index (χ1n) is 13.3. The summed E-state index contributed by atoms with van der Waals surface area (Å²) in [4.78, 5) is 41.7. The second kappa shape index (κ2) is 9.76. The number of aromatic nitrogens is 1.